The fraction of sp³-hybridized carbons (Fsp3) is 0.0714. The first kappa shape index (κ1) is 11.5. The van der Waals surface area contributed by atoms with E-state index in [4.69, 9.17) is 0 Å². The van der Waals surface area contributed by atoms with Crippen molar-refractivity contribution in [3.05, 3.63) is 71.3 Å². The molecule has 0 radical (unpaired) electrons. The number of rotatable bonds is 3. The molecule has 3 heteroatoms. The normalized spacial score (nSPS) is 10.2. The summed E-state index contributed by atoms with van der Waals surface area (Å²) in [4.78, 5) is 11.8. The molecule has 2 aromatic carbocycles. The van der Waals surface area contributed by atoms with Crippen LogP contribution < -0.4 is 0 Å². The highest BCUT2D eigenvalue weighted by atomic mass is 19.1. The maximum absolute atomic E-state index is 13.3. The Balaban J connectivity index is 2.19. The molecule has 0 atom stereocenters. The minimum absolute atomic E-state index is 0.0594. The third-order valence-electron chi connectivity index (χ3n) is 2.46. The van der Waals surface area contributed by atoms with E-state index >= 15 is 0 Å². The Kier molecular flexibility index (Phi) is 3.28. The quantitative estimate of drug-likeness (QED) is 0.741. The molecule has 0 aliphatic carbocycles. The number of hydrogen-bond acceptors (Lipinski definition) is 1. The van der Waals surface area contributed by atoms with Crippen LogP contribution in [-0.2, 0) is 6.42 Å². The van der Waals surface area contributed by atoms with Gasteiger partial charge in [-0.2, -0.15) is 0 Å². The number of halogens is 2. The van der Waals surface area contributed by atoms with Crippen LogP contribution in [-0.4, -0.2) is 5.78 Å². The van der Waals surface area contributed by atoms with Gasteiger partial charge in [-0.1, -0.05) is 36.4 Å². The fourth-order valence-electron chi connectivity index (χ4n) is 1.56. The van der Waals surface area contributed by atoms with Crippen molar-refractivity contribution in [2.75, 3.05) is 0 Å². The lowest BCUT2D eigenvalue weighted by molar-refractivity contribution is 0.0992. The molecule has 0 aromatic heterocycles. The van der Waals surface area contributed by atoms with Crippen molar-refractivity contribution in [1.29, 1.82) is 0 Å². The number of benzene rings is 2. The van der Waals surface area contributed by atoms with Gasteiger partial charge in [0.2, 0.25) is 0 Å². The summed E-state index contributed by atoms with van der Waals surface area (Å²) < 4.78 is 26.0. The number of carbonyl (C=O) groups excluding carboxylic acids is 1. The highest BCUT2D eigenvalue weighted by Crippen LogP contribution is 2.13. The molecule has 86 valence electrons. The van der Waals surface area contributed by atoms with Crippen molar-refractivity contribution in [2.45, 2.75) is 6.42 Å². The first-order chi connectivity index (χ1) is 8.16. The summed E-state index contributed by atoms with van der Waals surface area (Å²) in [5, 5.41) is 0. The lowest BCUT2D eigenvalue weighted by atomic mass is 10.0. The second kappa shape index (κ2) is 4.87. The summed E-state index contributed by atoms with van der Waals surface area (Å²) >= 11 is 0. The molecule has 0 unspecified atom stereocenters. The minimum Gasteiger partial charge on any atom is -0.294 e. The third-order valence-corrected chi connectivity index (χ3v) is 2.46. The Bertz CT molecular complexity index is 535. The summed E-state index contributed by atoms with van der Waals surface area (Å²) in [5.74, 6) is -1.51. The molecule has 0 saturated carbocycles. The zero-order valence-electron chi connectivity index (χ0n) is 8.99. The van der Waals surface area contributed by atoms with Gasteiger partial charge in [0.25, 0.3) is 0 Å². The van der Waals surface area contributed by atoms with Gasteiger partial charge in [-0.25, -0.2) is 8.78 Å². The molecule has 0 heterocycles. The highest BCUT2D eigenvalue weighted by molar-refractivity contribution is 5.97. The van der Waals surface area contributed by atoms with Crippen LogP contribution in [0.25, 0.3) is 0 Å². The van der Waals surface area contributed by atoms with Crippen molar-refractivity contribution in [3.63, 3.8) is 0 Å². The van der Waals surface area contributed by atoms with Gasteiger partial charge in [0.15, 0.2) is 5.78 Å². The molecule has 17 heavy (non-hydrogen) atoms. The molecular formula is C14H10F2O. The summed E-state index contributed by atoms with van der Waals surface area (Å²) in [5.41, 5.74) is 0.733. The number of Topliss-reactive ketones (excluding diaryl/α,β-unsaturated/α-hetero) is 1. The van der Waals surface area contributed by atoms with Crippen LogP contribution in [0.15, 0.2) is 48.5 Å². The van der Waals surface area contributed by atoms with E-state index in [9.17, 15) is 13.6 Å². The predicted molar refractivity (Wildman–Crippen MR) is 60.8 cm³/mol. The first-order valence-corrected chi connectivity index (χ1v) is 5.19. The van der Waals surface area contributed by atoms with E-state index in [1.54, 1.807) is 30.3 Å². The Morgan fingerprint density at radius 1 is 1.00 bits per heavy atom. The van der Waals surface area contributed by atoms with E-state index in [2.05, 4.69) is 0 Å². The minimum atomic E-state index is -0.686. The summed E-state index contributed by atoms with van der Waals surface area (Å²) in [6, 6.07) is 11.9. The molecule has 0 aliphatic heterocycles. The number of carbonyl (C=O) groups is 1. The van der Waals surface area contributed by atoms with Crippen LogP contribution in [0.2, 0.25) is 0 Å². The van der Waals surface area contributed by atoms with Crippen molar-refractivity contribution < 1.29 is 13.6 Å². The van der Waals surface area contributed by atoms with Crippen LogP contribution in [0.3, 0.4) is 0 Å². The monoisotopic (exact) mass is 232 g/mol. The van der Waals surface area contributed by atoms with Gasteiger partial charge in [0.1, 0.15) is 11.6 Å². The van der Waals surface area contributed by atoms with Crippen LogP contribution >= 0.6 is 0 Å². The molecule has 0 bridgehead atoms. The van der Waals surface area contributed by atoms with Gasteiger partial charge >= 0.3 is 0 Å². The molecule has 0 spiro atoms. The van der Waals surface area contributed by atoms with Gasteiger partial charge < -0.3 is 0 Å². The van der Waals surface area contributed by atoms with E-state index < -0.39 is 11.6 Å². The van der Waals surface area contributed by atoms with Crippen LogP contribution in [0.4, 0.5) is 8.78 Å². The van der Waals surface area contributed by atoms with Crippen molar-refractivity contribution in [1.82, 2.24) is 0 Å². The molecule has 0 aliphatic rings. The fourth-order valence-corrected chi connectivity index (χ4v) is 1.56. The van der Waals surface area contributed by atoms with Crippen LogP contribution in [0.5, 0.6) is 0 Å². The van der Waals surface area contributed by atoms with Gasteiger partial charge in [0, 0.05) is 18.1 Å². The first-order valence-electron chi connectivity index (χ1n) is 5.19. The Morgan fingerprint density at radius 2 is 1.71 bits per heavy atom. The molecule has 0 saturated heterocycles. The topological polar surface area (TPSA) is 17.1 Å². The highest BCUT2D eigenvalue weighted by Gasteiger charge is 2.10. The lowest BCUT2D eigenvalue weighted by Crippen LogP contribution is -2.05. The van der Waals surface area contributed by atoms with Gasteiger partial charge in [-0.3, -0.25) is 4.79 Å². The average molecular weight is 232 g/mol. The summed E-state index contributed by atoms with van der Waals surface area (Å²) in [6.45, 7) is 0. The van der Waals surface area contributed by atoms with Crippen molar-refractivity contribution in [2.24, 2.45) is 0 Å². The Morgan fingerprint density at radius 3 is 2.35 bits per heavy atom. The molecule has 0 amide bonds. The number of hydrogen-bond donors (Lipinski definition) is 0. The standard InChI is InChI=1S/C14H10F2O/c15-12-7-6-11(13(16)9-12)8-14(17)10-4-2-1-3-5-10/h1-7,9H,8H2. The van der Waals surface area contributed by atoms with E-state index in [1.165, 1.54) is 6.07 Å². The lowest BCUT2D eigenvalue weighted by Gasteiger charge is -2.03. The summed E-state index contributed by atoms with van der Waals surface area (Å²) in [6.07, 6.45) is -0.0594. The Hall–Kier alpha value is -2.03. The largest absolute Gasteiger partial charge is 0.294 e. The van der Waals surface area contributed by atoms with E-state index in [-0.39, 0.29) is 17.8 Å². The maximum atomic E-state index is 13.3. The molecular weight excluding hydrogens is 222 g/mol. The maximum Gasteiger partial charge on any atom is 0.167 e. The zero-order chi connectivity index (χ0) is 12.3. The second-order valence-electron chi connectivity index (χ2n) is 3.70. The summed E-state index contributed by atoms with van der Waals surface area (Å²) in [7, 11) is 0. The van der Waals surface area contributed by atoms with Gasteiger partial charge in [-0.15, -0.1) is 0 Å². The average Bonchev–Trinajstić information content (AvgIpc) is 2.34. The van der Waals surface area contributed by atoms with E-state index in [1.807, 2.05) is 0 Å². The molecule has 2 rings (SSSR count). The van der Waals surface area contributed by atoms with Crippen LogP contribution in [0.1, 0.15) is 15.9 Å². The zero-order valence-corrected chi connectivity index (χ0v) is 8.99. The van der Waals surface area contributed by atoms with Crippen molar-refractivity contribution >= 4 is 5.78 Å². The third kappa shape index (κ3) is 2.75. The Labute approximate surface area is 97.7 Å². The van der Waals surface area contributed by atoms with Crippen LogP contribution in [0, 0.1) is 11.6 Å². The van der Waals surface area contributed by atoms with E-state index in [0.29, 0.717) is 5.56 Å². The number of ketones is 1. The molecule has 0 fully saturated rings. The van der Waals surface area contributed by atoms with Crippen molar-refractivity contribution in [3.8, 4) is 0 Å². The molecule has 1 nitrogen and oxygen atoms in total. The van der Waals surface area contributed by atoms with E-state index in [0.717, 1.165) is 12.1 Å². The van der Waals surface area contributed by atoms with Gasteiger partial charge in [0.05, 0.1) is 0 Å². The second-order valence-corrected chi connectivity index (χ2v) is 3.70. The smallest absolute Gasteiger partial charge is 0.167 e. The predicted octanol–water partition coefficient (Wildman–Crippen LogP) is 3.39. The van der Waals surface area contributed by atoms with Gasteiger partial charge in [-0.05, 0) is 11.6 Å². The molecule has 2 aromatic rings. The SMILES string of the molecule is O=C(Cc1ccc(F)cc1F)c1ccccc1. The molecule has 0 N–H and O–H groups in total.